The minimum atomic E-state index is -0.786. The van der Waals surface area contributed by atoms with Crippen molar-refractivity contribution in [3.63, 3.8) is 0 Å². The fourth-order valence-corrected chi connectivity index (χ4v) is 5.14. The van der Waals surface area contributed by atoms with Crippen molar-refractivity contribution >= 4 is 12.2 Å². The van der Waals surface area contributed by atoms with Crippen LogP contribution in [0.3, 0.4) is 0 Å². The standard InChI is InChI=1S/C22H34N2O3/c1-16-7-5-8-17(2)10-11-18-15-19(25)21(3,12-6-9-16)24-22(18,13-14-23-24)20(26)27-4/h8-9,14,18-19,25H,5-7,10-13,15H2,1-4H3/t18-,19+,21-,22-/m0/s1. The van der Waals surface area contributed by atoms with Crippen molar-refractivity contribution in [2.24, 2.45) is 11.0 Å². The number of nitrogens with zero attached hydrogens (tertiary/aromatic N) is 2. The molecule has 0 radical (unpaired) electrons. The molecule has 27 heavy (non-hydrogen) atoms. The normalized spacial score (nSPS) is 37.3. The lowest BCUT2D eigenvalue weighted by Gasteiger charge is -2.56. The molecule has 3 rings (SSSR count). The summed E-state index contributed by atoms with van der Waals surface area (Å²) in [6, 6.07) is 0. The van der Waals surface area contributed by atoms with Crippen molar-refractivity contribution in [2.75, 3.05) is 7.11 Å². The molecule has 1 N–H and O–H groups in total. The number of hydrogen-bond donors (Lipinski definition) is 1. The molecular formula is C22H34N2O3. The van der Waals surface area contributed by atoms with Gasteiger partial charge in [0, 0.05) is 12.6 Å². The van der Waals surface area contributed by atoms with Crippen LogP contribution in [0.4, 0.5) is 0 Å². The van der Waals surface area contributed by atoms with Gasteiger partial charge < -0.3 is 9.84 Å². The van der Waals surface area contributed by atoms with E-state index >= 15 is 0 Å². The van der Waals surface area contributed by atoms with E-state index in [1.54, 1.807) is 0 Å². The van der Waals surface area contributed by atoms with Crippen molar-refractivity contribution in [2.45, 2.75) is 89.3 Å². The first-order valence-corrected chi connectivity index (χ1v) is 10.2. The largest absolute Gasteiger partial charge is 0.467 e. The highest BCUT2D eigenvalue weighted by Crippen LogP contribution is 2.50. The Bertz CT molecular complexity index is 668. The van der Waals surface area contributed by atoms with Crippen molar-refractivity contribution in [1.29, 1.82) is 0 Å². The molecule has 0 aromatic rings. The van der Waals surface area contributed by atoms with Crippen molar-refractivity contribution in [1.82, 2.24) is 5.01 Å². The SMILES string of the molecule is COC(=O)[C@@]12CC=NN1[C@@]1(C)CCC=C(C)CCC=C(C)CC[C@H]2C[C@H]1O. The summed E-state index contributed by atoms with van der Waals surface area (Å²) in [5.74, 6) is -0.192. The number of hydrazone groups is 1. The molecule has 0 aromatic carbocycles. The summed E-state index contributed by atoms with van der Waals surface area (Å²) in [4.78, 5) is 13.0. The van der Waals surface area contributed by atoms with Gasteiger partial charge in [-0.05, 0) is 71.6 Å². The quantitative estimate of drug-likeness (QED) is 0.557. The van der Waals surface area contributed by atoms with Gasteiger partial charge in [-0.15, -0.1) is 0 Å². The second-order valence-electron chi connectivity index (χ2n) is 8.75. The summed E-state index contributed by atoms with van der Waals surface area (Å²) in [6.07, 6.45) is 12.7. The molecule has 2 bridgehead atoms. The molecule has 0 amide bonds. The zero-order valence-corrected chi connectivity index (χ0v) is 17.2. The molecule has 3 aliphatic heterocycles. The molecule has 0 saturated carbocycles. The van der Waals surface area contributed by atoms with E-state index in [0.717, 1.165) is 38.5 Å². The number of piperidine rings is 1. The van der Waals surface area contributed by atoms with Gasteiger partial charge in [0.1, 0.15) is 0 Å². The van der Waals surface area contributed by atoms with Gasteiger partial charge in [-0.25, -0.2) is 4.79 Å². The Labute approximate surface area is 163 Å². The van der Waals surface area contributed by atoms with E-state index in [4.69, 9.17) is 4.74 Å². The molecule has 0 aliphatic carbocycles. The van der Waals surface area contributed by atoms with Crippen LogP contribution in [-0.2, 0) is 9.53 Å². The molecule has 4 atom stereocenters. The van der Waals surface area contributed by atoms with E-state index in [1.807, 2.05) is 11.2 Å². The Morgan fingerprint density at radius 1 is 1.26 bits per heavy atom. The summed E-state index contributed by atoms with van der Waals surface area (Å²) in [6.45, 7) is 6.40. The highest BCUT2D eigenvalue weighted by molar-refractivity contribution is 5.87. The van der Waals surface area contributed by atoms with Crippen molar-refractivity contribution < 1.29 is 14.6 Å². The van der Waals surface area contributed by atoms with Crippen LogP contribution < -0.4 is 0 Å². The molecule has 5 nitrogen and oxygen atoms in total. The van der Waals surface area contributed by atoms with Crippen LogP contribution in [0.25, 0.3) is 0 Å². The van der Waals surface area contributed by atoms with E-state index in [9.17, 15) is 9.90 Å². The van der Waals surface area contributed by atoms with Gasteiger partial charge >= 0.3 is 5.97 Å². The number of carbonyl (C=O) groups is 1. The maximum absolute atomic E-state index is 13.0. The van der Waals surface area contributed by atoms with E-state index < -0.39 is 17.2 Å². The highest BCUT2D eigenvalue weighted by Gasteiger charge is 2.63. The van der Waals surface area contributed by atoms with Gasteiger partial charge in [0.25, 0.3) is 0 Å². The number of allylic oxidation sites excluding steroid dienone is 4. The summed E-state index contributed by atoms with van der Waals surface area (Å²) in [7, 11) is 1.46. The predicted octanol–water partition coefficient (Wildman–Crippen LogP) is 3.98. The predicted molar refractivity (Wildman–Crippen MR) is 107 cm³/mol. The number of esters is 1. The topological polar surface area (TPSA) is 62.1 Å². The molecule has 0 aromatic heterocycles. The Balaban J connectivity index is 2.03. The van der Waals surface area contributed by atoms with Gasteiger partial charge in [0.15, 0.2) is 5.54 Å². The first-order chi connectivity index (χ1) is 12.8. The van der Waals surface area contributed by atoms with Crippen LogP contribution in [0.5, 0.6) is 0 Å². The van der Waals surface area contributed by atoms with Gasteiger partial charge in [0.2, 0.25) is 0 Å². The van der Waals surface area contributed by atoms with Crippen LogP contribution in [-0.4, -0.2) is 46.6 Å². The average Bonchev–Trinajstić information content (AvgIpc) is 3.09. The lowest BCUT2D eigenvalue weighted by atomic mass is 9.66. The smallest absolute Gasteiger partial charge is 0.334 e. The van der Waals surface area contributed by atoms with Crippen LogP contribution in [0.2, 0.25) is 0 Å². The second kappa shape index (κ2) is 7.78. The highest BCUT2D eigenvalue weighted by atomic mass is 16.5. The van der Waals surface area contributed by atoms with Gasteiger partial charge in [-0.2, -0.15) is 5.10 Å². The summed E-state index contributed by atoms with van der Waals surface area (Å²) >= 11 is 0. The van der Waals surface area contributed by atoms with Crippen LogP contribution in [0.1, 0.15) is 72.1 Å². The lowest BCUT2D eigenvalue weighted by Crippen LogP contribution is -2.70. The van der Waals surface area contributed by atoms with Gasteiger partial charge in [-0.3, -0.25) is 5.01 Å². The molecule has 1 saturated heterocycles. The van der Waals surface area contributed by atoms with Crippen molar-refractivity contribution in [3.05, 3.63) is 23.3 Å². The second-order valence-corrected chi connectivity index (χ2v) is 8.75. The summed E-state index contributed by atoms with van der Waals surface area (Å²) in [5, 5.41) is 17.7. The minimum absolute atomic E-state index is 0.0269. The number of aliphatic hydroxyl groups is 1. The summed E-state index contributed by atoms with van der Waals surface area (Å²) in [5.41, 5.74) is 1.38. The third-order valence-electron chi connectivity index (χ3n) is 6.96. The molecule has 5 heteroatoms. The molecular weight excluding hydrogens is 340 g/mol. The van der Waals surface area contributed by atoms with Gasteiger partial charge in [0.05, 0.1) is 18.8 Å². The number of ether oxygens (including phenoxy) is 1. The lowest BCUT2D eigenvalue weighted by molar-refractivity contribution is -0.187. The van der Waals surface area contributed by atoms with E-state index in [-0.39, 0.29) is 11.9 Å². The molecule has 1 fully saturated rings. The molecule has 0 spiro atoms. The maximum Gasteiger partial charge on any atom is 0.334 e. The van der Waals surface area contributed by atoms with Crippen LogP contribution in [0.15, 0.2) is 28.4 Å². The fraction of sp³-hybridized carbons (Fsp3) is 0.727. The van der Waals surface area contributed by atoms with Crippen molar-refractivity contribution in [3.8, 4) is 0 Å². The Morgan fingerprint density at radius 2 is 1.96 bits per heavy atom. The first-order valence-electron chi connectivity index (χ1n) is 10.2. The monoisotopic (exact) mass is 374 g/mol. The third-order valence-corrected chi connectivity index (χ3v) is 6.96. The Morgan fingerprint density at radius 3 is 2.70 bits per heavy atom. The minimum Gasteiger partial charge on any atom is -0.467 e. The number of carbonyl (C=O) groups excluding carboxylic acids is 1. The number of aliphatic hydroxyl groups excluding tert-OH is 1. The molecule has 3 aliphatic rings. The van der Waals surface area contributed by atoms with Crippen LogP contribution in [0, 0.1) is 5.92 Å². The first kappa shape index (κ1) is 20.1. The maximum atomic E-state index is 13.0. The molecule has 3 heterocycles. The zero-order valence-electron chi connectivity index (χ0n) is 17.2. The third kappa shape index (κ3) is 3.46. The van der Waals surface area contributed by atoms with Gasteiger partial charge in [-0.1, -0.05) is 23.3 Å². The summed E-state index contributed by atoms with van der Waals surface area (Å²) < 4.78 is 5.27. The fourth-order valence-electron chi connectivity index (χ4n) is 5.14. The Hall–Kier alpha value is -1.62. The number of hydrogen-bond acceptors (Lipinski definition) is 5. The van der Waals surface area contributed by atoms with E-state index in [1.165, 1.54) is 18.3 Å². The molecule has 150 valence electrons. The van der Waals surface area contributed by atoms with E-state index in [2.05, 4.69) is 38.0 Å². The Kier molecular flexibility index (Phi) is 5.80. The van der Waals surface area contributed by atoms with E-state index in [0.29, 0.717) is 12.8 Å². The average molecular weight is 375 g/mol. The number of rotatable bonds is 1. The molecule has 0 unspecified atom stereocenters. The van der Waals surface area contributed by atoms with Crippen LogP contribution >= 0.6 is 0 Å². The zero-order chi connectivity index (χ0) is 19.7. The number of methoxy groups -OCH3 is 1.